The van der Waals surface area contributed by atoms with Crippen LogP contribution in [-0.4, -0.2) is 23.6 Å². The molecule has 0 spiro atoms. The van der Waals surface area contributed by atoms with E-state index in [9.17, 15) is 4.39 Å². The minimum atomic E-state index is -0.161. The van der Waals surface area contributed by atoms with Crippen molar-refractivity contribution in [2.24, 2.45) is 0 Å². The maximum absolute atomic E-state index is 13.1. The molecule has 100 valence electrons. The van der Waals surface area contributed by atoms with Crippen LogP contribution in [0.15, 0.2) is 30.6 Å². The minimum Gasteiger partial charge on any atom is -0.373 e. The summed E-state index contributed by atoms with van der Waals surface area (Å²) in [5, 5.41) is 6.17. The molecule has 0 aliphatic heterocycles. The SMILES string of the molecule is CNc1cc(NCCc2ccc(F)c(C)c2)ncn1. The zero-order valence-corrected chi connectivity index (χ0v) is 11.1. The molecule has 0 saturated carbocycles. The number of hydrogen-bond donors (Lipinski definition) is 2. The number of rotatable bonds is 5. The van der Waals surface area contributed by atoms with Crippen molar-refractivity contribution in [3.8, 4) is 0 Å². The third-order valence-corrected chi connectivity index (χ3v) is 2.87. The fourth-order valence-electron chi connectivity index (χ4n) is 1.79. The van der Waals surface area contributed by atoms with Crippen molar-refractivity contribution in [3.63, 3.8) is 0 Å². The number of hydrogen-bond acceptors (Lipinski definition) is 4. The number of anilines is 2. The van der Waals surface area contributed by atoms with E-state index in [1.54, 1.807) is 6.92 Å². The summed E-state index contributed by atoms with van der Waals surface area (Å²) in [5.74, 6) is 1.39. The van der Waals surface area contributed by atoms with Gasteiger partial charge in [0.2, 0.25) is 0 Å². The van der Waals surface area contributed by atoms with Gasteiger partial charge in [-0.05, 0) is 30.5 Å². The summed E-state index contributed by atoms with van der Waals surface area (Å²) in [6, 6.07) is 7.03. The molecule has 0 fully saturated rings. The van der Waals surface area contributed by atoms with Gasteiger partial charge in [-0.1, -0.05) is 12.1 Å². The average molecular weight is 260 g/mol. The average Bonchev–Trinajstić information content (AvgIpc) is 2.43. The van der Waals surface area contributed by atoms with E-state index in [0.29, 0.717) is 5.56 Å². The van der Waals surface area contributed by atoms with E-state index in [4.69, 9.17) is 0 Å². The Kier molecular flexibility index (Phi) is 4.28. The molecule has 1 aromatic carbocycles. The minimum absolute atomic E-state index is 0.161. The smallest absolute Gasteiger partial charge is 0.131 e. The standard InChI is InChI=1S/C14H17FN4/c1-10-7-11(3-4-12(10)15)5-6-17-14-8-13(16-2)18-9-19-14/h3-4,7-9H,5-6H2,1-2H3,(H2,16,17,18,19). The fraction of sp³-hybridized carbons (Fsp3) is 0.286. The highest BCUT2D eigenvalue weighted by atomic mass is 19.1. The van der Waals surface area contributed by atoms with Crippen LogP contribution in [-0.2, 0) is 6.42 Å². The maximum atomic E-state index is 13.1. The second-order valence-corrected chi connectivity index (χ2v) is 4.30. The lowest BCUT2D eigenvalue weighted by molar-refractivity contribution is 0.617. The Morgan fingerprint density at radius 2 is 1.95 bits per heavy atom. The third kappa shape index (κ3) is 3.64. The number of nitrogens with one attached hydrogen (secondary N) is 2. The topological polar surface area (TPSA) is 49.8 Å². The van der Waals surface area contributed by atoms with Crippen LogP contribution in [0, 0.1) is 12.7 Å². The van der Waals surface area contributed by atoms with E-state index >= 15 is 0 Å². The first-order chi connectivity index (χ1) is 9.19. The lowest BCUT2D eigenvalue weighted by atomic mass is 10.1. The van der Waals surface area contributed by atoms with Gasteiger partial charge < -0.3 is 10.6 Å². The molecule has 0 saturated heterocycles. The van der Waals surface area contributed by atoms with E-state index in [0.717, 1.165) is 30.2 Å². The Bertz CT molecular complexity index is 557. The van der Waals surface area contributed by atoms with E-state index in [2.05, 4.69) is 20.6 Å². The van der Waals surface area contributed by atoms with E-state index in [-0.39, 0.29) is 5.82 Å². The van der Waals surface area contributed by atoms with Gasteiger partial charge in [-0.2, -0.15) is 0 Å². The predicted octanol–water partition coefficient (Wildman–Crippen LogP) is 2.62. The number of nitrogens with zero attached hydrogens (tertiary/aromatic N) is 2. The second kappa shape index (κ2) is 6.13. The van der Waals surface area contributed by atoms with Crippen molar-refractivity contribution in [2.45, 2.75) is 13.3 Å². The monoisotopic (exact) mass is 260 g/mol. The Hall–Kier alpha value is -2.17. The first-order valence-corrected chi connectivity index (χ1v) is 6.18. The largest absolute Gasteiger partial charge is 0.373 e. The van der Waals surface area contributed by atoms with Crippen LogP contribution in [0.25, 0.3) is 0 Å². The first-order valence-electron chi connectivity index (χ1n) is 6.18. The molecule has 5 heteroatoms. The van der Waals surface area contributed by atoms with Crippen molar-refractivity contribution >= 4 is 11.6 Å². The van der Waals surface area contributed by atoms with Crippen molar-refractivity contribution in [1.82, 2.24) is 9.97 Å². The van der Waals surface area contributed by atoms with Crippen molar-refractivity contribution in [3.05, 3.63) is 47.5 Å². The molecule has 2 rings (SSSR count). The van der Waals surface area contributed by atoms with Crippen LogP contribution >= 0.6 is 0 Å². The highest BCUT2D eigenvalue weighted by molar-refractivity contribution is 5.45. The lowest BCUT2D eigenvalue weighted by Crippen LogP contribution is -2.07. The molecule has 4 nitrogen and oxygen atoms in total. The van der Waals surface area contributed by atoms with Crippen LogP contribution in [0.3, 0.4) is 0 Å². The molecule has 0 unspecified atom stereocenters. The molecule has 0 aliphatic carbocycles. The molecule has 1 heterocycles. The van der Waals surface area contributed by atoms with Gasteiger partial charge >= 0.3 is 0 Å². The van der Waals surface area contributed by atoms with Gasteiger partial charge in [0.1, 0.15) is 23.8 Å². The molecular weight excluding hydrogens is 243 g/mol. The highest BCUT2D eigenvalue weighted by Crippen LogP contribution is 2.11. The molecule has 2 aromatic rings. The zero-order valence-electron chi connectivity index (χ0n) is 11.1. The zero-order chi connectivity index (χ0) is 13.7. The van der Waals surface area contributed by atoms with Gasteiger partial charge in [0, 0.05) is 19.7 Å². The molecule has 19 heavy (non-hydrogen) atoms. The van der Waals surface area contributed by atoms with Gasteiger partial charge in [-0.15, -0.1) is 0 Å². The number of aromatic nitrogens is 2. The Labute approximate surface area is 112 Å². The predicted molar refractivity (Wildman–Crippen MR) is 74.9 cm³/mol. The summed E-state index contributed by atoms with van der Waals surface area (Å²) in [6.07, 6.45) is 2.33. The lowest BCUT2D eigenvalue weighted by Gasteiger charge is -2.07. The summed E-state index contributed by atoms with van der Waals surface area (Å²) < 4.78 is 13.1. The van der Waals surface area contributed by atoms with E-state index in [1.165, 1.54) is 12.4 Å². The number of benzene rings is 1. The molecule has 2 N–H and O–H groups in total. The van der Waals surface area contributed by atoms with Crippen molar-refractivity contribution in [1.29, 1.82) is 0 Å². The molecule has 0 amide bonds. The number of aryl methyl sites for hydroxylation is 1. The van der Waals surface area contributed by atoms with Crippen molar-refractivity contribution < 1.29 is 4.39 Å². The molecule has 0 bridgehead atoms. The summed E-state index contributed by atoms with van der Waals surface area (Å²) in [5.41, 5.74) is 1.78. The van der Waals surface area contributed by atoms with Crippen LogP contribution in [0.2, 0.25) is 0 Å². The van der Waals surface area contributed by atoms with Crippen LogP contribution < -0.4 is 10.6 Å². The third-order valence-electron chi connectivity index (χ3n) is 2.87. The summed E-state index contributed by atoms with van der Waals surface area (Å²) in [6.45, 7) is 2.51. The van der Waals surface area contributed by atoms with Gasteiger partial charge in [-0.3, -0.25) is 0 Å². The second-order valence-electron chi connectivity index (χ2n) is 4.30. The Balaban J connectivity index is 1.90. The van der Waals surface area contributed by atoms with E-state index < -0.39 is 0 Å². The summed E-state index contributed by atoms with van der Waals surface area (Å²) >= 11 is 0. The maximum Gasteiger partial charge on any atom is 0.131 e. The molecule has 0 atom stereocenters. The van der Waals surface area contributed by atoms with Crippen LogP contribution in [0.4, 0.5) is 16.0 Å². The normalized spacial score (nSPS) is 10.3. The molecular formula is C14H17FN4. The van der Waals surface area contributed by atoms with Gasteiger partial charge in [0.25, 0.3) is 0 Å². The first kappa shape index (κ1) is 13.3. The molecule has 0 aliphatic rings. The van der Waals surface area contributed by atoms with Crippen LogP contribution in [0.1, 0.15) is 11.1 Å². The summed E-state index contributed by atoms with van der Waals surface area (Å²) in [4.78, 5) is 8.17. The van der Waals surface area contributed by atoms with Crippen LogP contribution in [0.5, 0.6) is 0 Å². The molecule has 1 aromatic heterocycles. The quantitative estimate of drug-likeness (QED) is 0.867. The Morgan fingerprint density at radius 1 is 1.16 bits per heavy atom. The Morgan fingerprint density at radius 3 is 2.68 bits per heavy atom. The van der Waals surface area contributed by atoms with Gasteiger partial charge in [0.15, 0.2) is 0 Å². The molecule has 0 radical (unpaired) electrons. The van der Waals surface area contributed by atoms with Crippen molar-refractivity contribution in [2.75, 3.05) is 24.2 Å². The van der Waals surface area contributed by atoms with Gasteiger partial charge in [0.05, 0.1) is 0 Å². The highest BCUT2D eigenvalue weighted by Gasteiger charge is 2.00. The fourth-order valence-corrected chi connectivity index (χ4v) is 1.79. The number of halogens is 1. The summed E-state index contributed by atoms with van der Waals surface area (Å²) in [7, 11) is 1.81. The van der Waals surface area contributed by atoms with Gasteiger partial charge in [-0.25, -0.2) is 14.4 Å². The van der Waals surface area contributed by atoms with E-state index in [1.807, 2.05) is 25.2 Å².